The normalized spacial score (nSPS) is 18.5. The lowest BCUT2D eigenvalue weighted by atomic mass is 9.90. The highest BCUT2D eigenvalue weighted by atomic mass is 32.1. The van der Waals surface area contributed by atoms with Crippen LogP contribution in [-0.2, 0) is 4.79 Å². The van der Waals surface area contributed by atoms with E-state index in [0.29, 0.717) is 12.3 Å². The lowest BCUT2D eigenvalue weighted by Gasteiger charge is -2.20. The predicted molar refractivity (Wildman–Crippen MR) is 72.5 cm³/mol. The van der Waals surface area contributed by atoms with Crippen LogP contribution in [0, 0.1) is 6.92 Å². The Labute approximate surface area is 115 Å². The van der Waals surface area contributed by atoms with Crippen molar-refractivity contribution in [3.63, 3.8) is 0 Å². The van der Waals surface area contributed by atoms with E-state index >= 15 is 0 Å². The molecule has 0 radical (unpaired) electrons. The predicted octanol–water partition coefficient (Wildman–Crippen LogP) is 3.04. The third-order valence-corrected chi connectivity index (χ3v) is 4.25. The number of anilines is 1. The van der Waals surface area contributed by atoms with Crippen molar-refractivity contribution >= 4 is 22.4 Å². The number of nitrogens with zero attached hydrogens (tertiary/aromatic N) is 2. The van der Waals surface area contributed by atoms with Crippen molar-refractivity contribution in [1.82, 2.24) is 9.53 Å². The average molecular weight is 277 g/mol. The fourth-order valence-electron chi connectivity index (χ4n) is 2.33. The van der Waals surface area contributed by atoms with Gasteiger partial charge in [0, 0.05) is 18.1 Å². The second kappa shape index (κ2) is 4.45. The Kier molecular flexibility index (Phi) is 2.89. The summed E-state index contributed by atoms with van der Waals surface area (Å²) >= 11 is 1.32. The maximum Gasteiger partial charge on any atom is 0.226 e. The fraction of sp³-hybridized carbons (Fsp3) is 0.462. The Morgan fingerprint density at radius 1 is 1.53 bits per heavy atom. The summed E-state index contributed by atoms with van der Waals surface area (Å²) in [5, 5.41) is 7.78. The number of hydrogen-bond donors (Lipinski definition) is 1. The van der Waals surface area contributed by atoms with E-state index in [9.17, 15) is 4.79 Å². The summed E-state index contributed by atoms with van der Waals surface area (Å²) in [6.07, 6.45) is 0.388. The van der Waals surface area contributed by atoms with Crippen LogP contribution in [0.3, 0.4) is 0 Å². The highest BCUT2D eigenvalue weighted by Gasteiger charge is 2.33. The van der Waals surface area contributed by atoms with Gasteiger partial charge in [0.05, 0.1) is 17.3 Å². The SMILES string of the molecule is Cc1nsc2c1C(c1cc(C(C)C)no1)CC(=O)N2. The van der Waals surface area contributed by atoms with Gasteiger partial charge in [0.15, 0.2) is 0 Å². The number of rotatable bonds is 2. The summed E-state index contributed by atoms with van der Waals surface area (Å²) in [6.45, 7) is 6.09. The third-order valence-electron chi connectivity index (χ3n) is 3.38. The molecule has 5 nitrogen and oxygen atoms in total. The summed E-state index contributed by atoms with van der Waals surface area (Å²) in [6, 6.07) is 1.95. The monoisotopic (exact) mass is 277 g/mol. The summed E-state index contributed by atoms with van der Waals surface area (Å²) < 4.78 is 9.76. The molecule has 1 aliphatic rings. The Balaban J connectivity index is 2.04. The van der Waals surface area contributed by atoms with Crippen LogP contribution in [0.25, 0.3) is 0 Å². The van der Waals surface area contributed by atoms with Crippen molar-refractivity contribution in [1.29, 1.82) is 0 Å². The van der Waals surface area contributed by atoms with E-state index in [1.54, 1.807) is 0 Å². The molecule has 0 saturated heterocycles. The zero-order chi connectivity index (χ0) is 13.6. The number of nitrogens with one attached hydrogen (secondary N) is 1. The highest BCUT2D eigenvalue weighted by molar-refractivity contribution is 7.10. The van der Waals surface area contributed by atoms with Gasteiger partial charge in [-0.05, 0) is 24.4 Å². The molecule has 0 spiro atoms. The molecule has 0 aliphatic carbocycles. The van der Waals surface area contributed by atoms with Gasteiger partial charge in [-0.1, -0.05) is 19.0 Å². The van der Waals surface area contributed by atoms with Gasteiger partial charge in [-0.3, -0.25) is 4.79 Å². The van der Waals surface area contributed by atoms with Gasteiger partial charge in [0.1, 0.15) is 10.8 Å². The molecule has 6 heteroatoms. The summed E-state index contributed by atoms with van der Waals surface area (Å²) in [4.78, 5) is 11.8. The molecule has 1 aliphatic heterocycles. The molecule has 0 saturated carbocycles. The summed E-state index contributed by atoms with van der Waals surface area (Å²) in [5.74, 6) is 1.00. The molecule has 2 aromatic rings. The molecule has 3 rings (SSSR count). The minimum atomic E-state index is -0.0671. The van der Waals surface area contributed by atoms with E-state index in [1.807, 2.05) is 13.0 Å². The lowest BCUT2D eigenvalue weighted by Crippen LogP contribution is -2.22. The maximum atomic E-state index is 11.8. The number of amides is 1. The van der Waals surface area contributed by atoms with E-state index in [1.165, 1.54) is 11.5 Å². The van der Waals surface area contributed by atoms with Crippen molar-refractivity contribution in [3.05, 3.63) is 28.8 Å². The first-order chi connectivity index (χ1) is 9.06. The van der Waals surface area contributed by atoms with E-state index in [0.717, 1.165) is 27.7 Å². The van der Waals surface area contributed by atoms with Crippen LogP contribution in [0.5, 0.6) is 0 Å². The Morgan fingerprint density at radius 2 is 2.32 bits per heavy atom. The topological polar surface area (TPSA) is 68.0 Å². The molecule has 3 heterocycles. The minimum absolute atomic E-state index is 0.00338. The zero-order valence-electron chi connectivity index (χ0n) is 11.1. The first-order valence-corrected chi connectivity index (χ1v) is 7.06. The number of aromatic nitrogens is 2. The molecule has 1 atom stereocenters. The zero-order valence-corrected chi connectivity index (χ0v) is 11.9. The van der Waals surface area contributed by atoms with Gasteiger partial charge < -0.3 is 9.84 Å². The average Bonchev–Trinajstić information content (AvgIpc) is 2.96. The first-order valence-electron chi connectivity index (χ1n) is 6.28. The van der Waals surface area contributed by atoms with Gasteiger partial charge in [-0.2, -0.15) is 4.37 Å². The molecule has 100 valence electrons. The molecule has 1 unspecified atom stereocenters. The Morgan fingerprint density at radius 3 is 3.00 bits per heavy atom. The second-order valence-corrected chi connectivity index (χ2v) is 5.90. The molecule has 0 aromatic carbocycles. The van der Waals surface area contributed by atoms with E-state index in [2.05, 4.69) is 28.7 Å². The van der Waals surface area contributed by atoms with Crippen molar-refractivity contribution in [2.75, 3.05) is 5.32 Å². The quantitative estimate of drug-likeness (QED) is 0.916. The van der Waals surface area contributed by atoms with Gasteiger partial charge in [-0.15, -0.1) is 0 Å². The summed E-state index contributed by atoms with van der Waals surface area (Å²) in [5.41, 5.74) is 2.94. The van der Waals surface area contributed by atoms with Gasteiger partial charge in [0.2, 0.25) is 5.91 Å². The smallest absolute Gasteiger partial charge is 0.226 e. The highest BCUT2D eigenvalue weighted by Crippen LogP contribution is 2.41. The number of fused-ring (bicyclic) bond motifs is 1. The van der Waals surface area contributed by atoms with Crippen LogP contribution in [0.15, 0.2) is 10.6 Å². The van der Waals surface area contributed by atoms with Crippen molar-refractivity contribution in [2.24, 2.45) is 0 Å². The molecule has 0 fully saturated rings. The van der Waals surface area contributed by atoms with E-state index in [-0.39, 0.29) is 11.8 Å². The van der Waals surface area contributed by atoms with Crippen molar-refractivity contribution in [2.45, 2.75) is 39.0 Å². The largest absolute Gasteiger partial charge is 0.360 e. The fourth-order valence-corrected chi connectivity index (χ4v) is 3.20. The van der Waals surface area contributed by atoms with Crippen molar-refractivity contribution < 1.29 is 9.32 Å². The van der Waals surface area contributed by atoms with Crippen molar-refractivity contribution in [3.8, 4) is 0 Å². The van der Waals surface area contributed by atoms with Crippen LogP contribution in [0.4, 0.5) is 5.00 Å². The summed E-state index contributed by atoms with van der Waals surface area (Å²) in [7, 11) is 0. The number of aryl methyl sites for hydroxylation is 1. The maximum absolute atomic E-state index is 11.8. The van der Waals surface area contributed by atoms with Crippen LogP contribution in [0.1, 0.15) is 54.8 Å². The molecular weight excluding hydrogens is 262 g/mol. The minimum Gasteiger partial charge on any atom is -0.360 e. The van der Waals surface area contributed by atoms with Gasteiger partial charge >= 0.3 is 0 Å². The number of hydrogen-bond acceptors (Lipinski definition) is 5. The molecule has 1 N–H and O–H groups in total. The van der Waals surface area contributed by atoms with Crippen LogP contribution >= 0.6 is 11.5 Å². The van der Waals surface area contributed by atoms with Crippen LogP contribution in [-0.4, -0.2) is 15.4 Å². The van der Waals surface area contributed by atoms with E-state index in [4.69, 9.17) is 4.52 Å². The molecule has 1 amide bonds. The number of carbonyl (C=O) groups is 1. The second-order valence-electron chi connectivity index (χ2n) is 5.12. The Hall–Kier alpha value is -1.69. The van der Waals surface area contributed by atoms with Gasteiger partial charge in [0.25, 0.3) is 0 Å². The molecule has 19 heavy (non-hydrogen) atoms. The Bertz CT molecular complexity index is 630. The molecule has 2 aromatic heterocycles. The number of carbonyl (C=O) groups excluding carboxylic acids is 1. The lowest BCUT2D eigenvalue weighted by molar-refractivity contribution is -0.116. The standard InChI is InChI=1S/C13H15N3O2S/c1-6(2)9-5-10(18-15-9)8-4-11(17)14-13-12(8)7(3)16-19-13/h5-6,8H,4H2,1-3H3,(H,14,17). The first kappa shape index (κ1) is 12.3. The molecular formula is C13H15N3O2S. The van der Waals surface area contributed by atoms with Crippen LogP contribution in [0.2, 0.25) is 0 Å². The molecule has 0 bridgehead atoms. The van der Waals surface area contributed by atoms with E-state index < -0.39 is 0 Å². The van der Waals surface area contributed by atoms with Crippen LogP contribution < -0.4 is 5.32 Å². The third kappa shape index (κ3) is 2.06. The van der Waals surface area contributed by atoms with Gasteiger partial charge in [-0.25, -0.2) is 0 Å².